The summed E-state index contributed by atoms with van der Waals surface area (Å²) in [7, 11) is 0. The average Bonchev–Trinajstić information content (AvgIpc) is 3.41. The van der Waals surface area contributed by atoms with E-state index in [9.17, 15) is 4.79 Å². The molecule has 6 heteroatoms. The first-order valence-corrected chi connectivity index (χ1v) is 10.7. The predicted molar refractivity (Wildman–Crippen MR) is 120 cm³/mol. The number of benzene rings is 1. The summed E-state index contributed by atoms with van der Waals surface area (Å²) < 4.78 is 1.99. The van der Waals surface area contributed by atoms with Crippen LogP contribution in [0.2, 0.25) is 0 Å². The van der Waals surface area contributed by atoms with Crippen molar-refractivity contribution in [3.63, 3.8) is 0 Å². The van der Waals surface area contributed by atoms with Crippen molar-refractivity contribution in [2.45, 2.75) is 13.3 Å². The zero-order valence-corrected chi connectivity index (χ0v) is 17.2. The number of carbonyl (C=O) groups excluding carboxylic acids is 1. The third-order valence-corrected chi connectivity index (χ3v) is 6.00. The number of hydrogen-bond donors (Lipinski definition) is 1. The van der Waals surface area contributed by atoms with E-state index in [1.54, 1.807) is 6.20 Å². The fourth-order valence-electron chi connectivity index (χ4n) is 3.47. The fraction of sp³-hybridized carbons (Fsp3) is 0.217. The fourth-order valence-corrected chi connectivity index (χ4v) is 4.53. The van der Waals surface area contributed by atoms with Gasteiger partial charge < -0.3 is 14.8 Å². The second-order valence-electron chi connectivity index (χ2n) is 6.75. The van der Waals surface area contributed by atoms with Crippen molar-refractivity contribution in [1.29, 1.82) is 0 Å². The van der Waals surface area contributed by atoms with Gasteiger partial charge in [-0.15, -0.1) is 11.3 Å². The second kappa shape index (κ2) is 8.92. The van der Waals surface area contributed by atoms with Crippen molar-refractivity contribution in [1.82, 2.24) is 14.9 Å². The summed E-state index contributed by atoms with van der Waals surface area (Å²) in [4.78, 5) is 21.3. The quantitative estimate of drug-likeness (QED) is 0.432. The number of aromatic nitrogens is 2. The highest BCUT2D eigenvalue weighted by Gasteiger charge is 2.20. The number of hydrogen-bond acceptors (Lipinski definition) is 4. The predicted octanol–water partition coefficient (Wildman–Crippen LogP) is 4.73. The minimum Gasteiger partial charge on any atom is -0.372 e. The van der Waals surface area contributed by atoms with Crippen LogP contribution in [0.3, 0.4) is 0 Å². The molecule has 1 N–H and O–H groups in total. The van der Waals surface area contributed by atoms with Gasteiger partial charge in [-0.3, -0.25) is 4.79 Å². The molecule has 3 aromatic heterocycles. The normalized spacial score (nSPS) is 10.9. The van der Waals surface area contributed by atoms with E-state index in [-0.39, 0.29) is 5.91 Å². The van der Waals surface area contributed by atoms with Crippen LogP contribution in [0.4, 0.5) is 5.69 Å². The molecule has 0 aliphatic rings. The molecule has 0 radical (unpaired) electrons. The average molecular weight is 405 g/mol. The van der Waals surface area contributed by atoms with Gasteiger partial charge in [-0.25, -0.2) is 4.98 Å². The molecule has 148 valence electrons. The van der Waals surface area contributed by atoms with Crippen molar-refractivity contribution < 1.29 is 4.79 Å². The highest BCUT2D eigenvalue weighted by molar-refractivity contribution is 7.21. The lowest BCUT2D eigenvalue weighted by Gasteiger charge is -2.23. The molecular weight excluding hydrogens is 380 g/mol. The van der Waals surface area contributed by atoms with Gasteiger partial charge in [0, 0.05) is 49.3 Å². The Kier molecular flexibility index (Phi) is 5.91. The molecule has 5 nitrogen and oxygen atoms in total. The third kappa shape index (κ3) is 4.17. The Morgan fingerprint density at radius 1 is 1.10 bits per heavy atom. The lowest BCUT2D eigenvalue weighted by atomic mass is 10.2. The molecule has 4 aromatic rings. The van der Waals surface area contributed by atoms with E-state index < -0.39 is 0 Å². The van der Waals surface area contributed by atoms with E-state index in [1.165, 1.54) is 17.0 Å². The van der Waals surface area contributed by atoms with Gasteiger partial charge >= 0.3 is 0 Å². The van der Waals surface area contributed by atoms with Gasteiger partial charge in [-0.1, -0.05) is 18.2 Å². The number of nitrogens with one attached hydrogen (secondary N) is 1. The zero-order valence-electron chi connectivity index (χ0n) is 16.4. The molecule has 3 heterocycles. The molecule has 0 spiro atoms. The largest absolute Gasteiger partial charge is 0.372 e. The summed E-state index contributed by atoms with van der Waals surface area (Å²) in [6, 6.07) is 18.2. The van der Waals surface area contributed by atoms with Gasteiger partial charge in [0.1, 0.15) is 9.71 Å². The molecule has 0 saturated heterocycles. The maximum absolute atomic E-state index is 13.0. The lowest BCUT2D eigenvalue weighted by Crippen LogP contribution is -2.30. The molecule has 1 aromatic carbocycles. The van der Waals surface area contributed by atoms with E-state index in [0.29, 0.717) is 11.4 Å². The molecule has 1 amide bonds. The van der Waals surface area contributed by atoms with Gasteiger partial charge in [-0.2, -0.15) is 0 Å². The number of fused-ring (bicyclic) bond motifs is 1. The first-order valence-electron chi connectivity index (χ1n) is 9.87. The van der Waals surface area contributed by atoms with E-state index in [1.807, 2.05) is 47.3 Å². The number of anilines is 1. The van der Waals surface area contributed by atoms with E-state index in [4.69, 9.17) is 0 Å². The Morgan fingerprint density at radius 2 is 1.90 bits per heavy atom. The maximum atomic E-state index is 13.0. The maximum Gasteiger partial charge on any atom is 0.263 e. The molecule has 0 aliphatic carbocycles. The summed E-state index contributed by atoms with van der Waals surface area (Å²) >= 11 is 1.44. The van der Waals surface area contributed by atoms with E-state index in [0.717, 1.165) is 35.4 Å². The van der Waals surface area contributed by atoms with Crippen molar-refractivity contribution >= 4 is 33.1 Å². The minimum atomic E-state index is -0.0422. The molecule has 0 fully saturated rings. The van der Waals surface area contributed by atoms with Crippen LogP contribution in [0.1, 0.15) is 23.0 Å². The Labute approximate surface area is 174 Å². The number of amides is 1. The van der Waals surface area contributed by atoms with Gasteiger partial charge in [0.25, 0.3) is 5.91 Å². The molecule has 0 saturated carbocycles. The molecule has 0 atom stereocenters. The highest BCUT2D eigenvalue weighted by Crippen LogP contribution is 2.32. The van der Waals surface area contributed by atoms with Crippen molar-refractivity contribution in [2.75, 3.05) is 24.5 Å². The Bertz CT molecular complexity index is 1070. The van der Waals surface area contributed by atoms with Gasteiger partial charge in [-0.05, 0) is 49.7 Å². The molecule has 0 unspecified atom stereocenters. The first kappa shape index (κ1) is 19.2. The molecule has 0 aliphatic heterocycles. The van der Waals surface area contributed by atoms with Crippen LogP contribution < -0.4 is 10.2 Å². The minimum absolute atomic E-state index is 0.0422. The van der Waals surface area contributed by atoms with Crippen LogP contribution in [0.25, 0.3) is 15.9 Å². The summed E-state index contributed by atoms with van der Waals surface area (Å²) in [5.41, 5.74) is 2.12. The van der Waals surface area contributed by atoms with Crippen LogP contribution in [0.15, 0.2) is 73.2 Å². The standard InChI is InChI=1S/C23H24N4OS/c1-2-26(18-10-4-3-5-11-18)17-9-14-24-22(28)21-20(27-15-6-7-16-27)19-12-8-13-25-23(19)29-21/h3-8,10-13,15-16H,2,9,14,17H2,1H3,(H,24,28). The number of pyridine rings is 1. The van der Waals surface area contributed by atoms with Gasteiger partial charge in [0.2, 0.25) is 0 Å². The monoisotopic (exact) mass is 404 g/mol. The van der Waals surface area contributed by atoms with Crippen molar-refractivity contribution in [3.05, 3.63) is 78.1 Å². The van der Waals surface area contributed by atoms with Crippen LogP contribution in [-0.4, -0.2) is 35.1 Å². The highest BCUT2D eigenvalue weighted by atomic mass is 32.1. The third-order valence-electron chi connectivity index (χ3n) is 4.90. The summed E-state index contributed by atoms with van der Waals surface area (Å²) in [5.74, 6) is -0.0422. The first-order chi connectivity index (χ1) is 14.3. The summed E-state index contributed by atoms with van der Waals surface area (Å²) in [6.45, 7) is 4.63. The number of carbonyl (C=O) groups is 1. The van der Waals surface area contributed by atoms with E-state index >= 15 is 0 Å². The number of nitrogens with zero attached hydrogens (tertiary/aromatic N) is 3. The number of rotatable bonds is 8. The van der Waals surface area contributed by atoms with Gasteiger partial charge in [0.05, 0.1) is 5.69 Å². The smallest absolute Gasteiger partial charge is 0.263 e. The second-order valence-corrected chi connectivity index (χ2v) is 7.75. The Hall–Kier alpha value is -3.12. The van der Waals surface area contributed by atoms with Crippen molar-refractivity contribution in [3.8, 4) is 5.69 Å². The van der Waals surface area contributed by atoms with Crippen molar-refractivity contribution in [2.24, 2.45) is 0 Å². The number of para-hydroxylation sites is 1. The van der Waals surface area contributed by atoms with E-state index in [2.05, 4.69) is 46.4 Å². The lowest BCUT2D eigenvalue weighted by molar-refractivity contribution is 0.0957. The van der Waals surface area contributed by atoms with Gasteiger partial charge in [0.15, 0.2) is 0 Å². The Morgan fingerprint density at radius 3 is 2.66 bits per heavy atom. The molecular formula is C23H24N4OS. The zero-order chi connectivity index (χ0) is 20.1. The summed E-state index contributed by atoms with van der Waals surface area (Å²) in [6.07, 6.45) is 6.58. The topological polar surface area (TPSA) is 50.2 Å². The number of thiophene rings is 1. The summed E-state index contributed by atoms with van der Waals surface area (Å²) in [5, 5.41) is 4.10. The Balaban J connectivity index is 1.44. The molecule has 0 bridgehead atoms. The molecule has 29 heavy (non-hydrogen) atoms. The van der Waals surface area contributed by atoms with Crippen LogP contribution in [0.5, 0.6) is 0 Å². The van der Waals surface area contributed by atoms with Crippen LogP contribution >= 0.6 is 11.3 Å². The SMILES string of the molecule is CCN(CCCNC(=O)c1sc2ncccc2c1-n1cccc1)c1ccccc1. The molecule has 4 rings (SSSR count). The van der Waals surface area contributed by atoms with Crippen LogP contribution in [-0.2, 0) is 0 Å². The van der Waals surface area contributed by atoms with Crippen LogP contribution in [0, 0.1) is 0 Å².